The highest BCUT2D eigenvalue weighted by Crippen LogP contribution is 2.39. The third-order valence-corrected chi connectivity index (χ3v) is 3.12. The second-order valence-corrected chi connectivity index (χ2v) is 4.45. The average molecular weight is 212 g/mol. The second-order valence-electron chi connectivity index (χ2n) is 4.45. The Balaban J connectivity index is 1.62. The van der Waals surface area contributed by atoms with Crippen molar-refractivity contribution in [1.82, 2.24) is 10.2 Å². The molecule has 4 nitrogen and oxygen atoms in total. The molecule has 0 aromatic heterocycles. The number of ether oxygens (including phenoxy) is 1. The standard InChI is InChI=1S/C11H20N2O2/c1-2-7-15-8-3-6-13-9-12-11(4-5-11)10(13)14/h12H,2-9H2,1H3. The first-order valence-electron chi connectivity index (χ1n) is 5.91. The lowest BCUT2D eigenvalue weighted by atomic mass is 10.2. The molecule has 1 saturated heterocycles. The molecule has 2 rings (SSSR count). The fourth-order valence-electron chi connectivity index (χ4n) is 2.00. The molecular weight excluding hydrogens is 192 g/mol. The summed E-state index contributed by atoms with van der Waals surface area (Å²) in [6, 6.07) is 0. The van der Waals surface area contributed by atoms with Gasteiger partial charge in [-0.3, -0.25) is 10.1 Å². The number of nitrogens with one attached hydrogen (secondary N) is 1. The molecule has 86 valence electrons. The highest BCUT2D eigenvalue weighted by atomic mass is 16.5. The molecule has 0 bridgehead atoms. The van der Waals surface area contributed by atoms with Crippen molar-refractivity contribution in [3.05, 3.63) is 0 Å². The molecule has 4 heteroatoms. The first-order valence-corrected chi connectivity index (χ1v) is 5.91. The van der Waals surface area contributed by atoms with Crippen LogP contribution >= 0.6 is 0 Å². The summed E-state index contributed by atoms with van der Waals surface area (Å²) in [4.78, 5) is 13.8. The van der Waals surface area contributed by atoms with E-state index < -0.39 is 0 Å². The van der Waals surface area contributed by atoms with Crippen molar-refractivity contribution >= 4 is 5.91 Å². The Kier molecular flexibility index (Phi) is 3.26. The summed E-state index contributed by atoms with van der Waals surface area (Å²) in [6.07, 6.45) is 4.06. The zero-order valence-electron chi connectivity index (χ0n) is 9.42. The fourth-order valence-corrected chi connectivity index (χ4v) is 2.00. The maximum absolute atomic E-state index is 11.8. The lowest BCUT2D eigenvalue weighted by molar-refractivity contribution is -0.129. The molecular formula is C11H20N2O2. The summed E-state index contributed by atoms with van der Waals surface area (Å²) < 4.78 is 5.39. The van der Waals surface area contributed by atoms with Crippen molar-refractivity contribution in [2.45, 2.75) is 38.1 Å². The zero-order valence-corrected chi connectivity index (χ0v) is 9.42. The number of hydrogen-bond acceptors (Lipinski definition) is 3. The molecule has 1 aliphatic carbocycles. The first-order chi connectivity index (χ1) is 7.28. The quantitative estimate of drug-likeness (QED) is 0.660. The van der Waals surface area contributed by atoms with Crippen LogP contribution in [-0.4, -0.2) is 42.8 Å². The molecule has 1 saturated carbocycles. The van der Waals surface area contributed by atoms with E-state index in [0.717, 1.165) is 52.1 Å². The summed E-state index contributed by atoms with van der Waals surface area (Å²) in [5, 5.41) is 3.29. The van der Waals surface area contributed by atoms with Crippen molar-refractivity contribution in [3.63, 3.8) is 0 Å². The van der Waals surface area contributed by atoms with Gasteiger partial charge < -0.3 is 9.64 Å². The average Bonchev–Trinajstić information content (AvgIpc) is 2.96. The third-order valence-electron chi connectivity index (χ3n) is 3.12. The van der Waals surface area contributed by atoms with E-state index in [4.69, 9.17) is 4.74 Å². The predicted molar refractivity (Wildman–Crippen MR) is 57.4 cm³/mol. The molecule has 0 aromatic carbocycles. The van der Waals surface area contributed by atoms with E-state index in [1.807, 2.05) is 4.90 Å². The molecule has 1 amide bonds. The molecule has 1 aliphatic heterocycles. The molecule has 2 fully saturated rings. The molecule has 1 heterocycles. The minimum atomic E-state index is -0.135. The Labute approximate surface area is 91.0 Å². The zero-order chi connectivity index (χ0) is 10.7. The molecule has 2 aliphatic rings. The Hall–Kier alpha value is -0.610. The topological polar surface area (TPSA) is 41.6 Å². The molecule has 0 radical (unpaired) electrons. The van der Waals surface area contributed by atoms with Crippen LogP contribution < -0.4 is 5.32 Å². The predicted octanol–water partition coefficient (Wildman–Crippen LogP) is 0.725. The van der Waals surface area contributed by atoms with Gasteiger partial charge in [0.2, 0.25) is 5.91 Å². The molecule has 0 aromatic rings. The van der Waals surface area contributed by atoms with Gasteiger partial charge >= 0.3 is 0 Å². The smallest absolute Gasteiger partial charge is 0.243 e. The van der Waals surface area contributed by atoms with Gasteiger partial charge in [0.25, 0.3) is 0 Å². The van der Waals surface area contributed by atoms with Crippen LogP contribution in [0.3, 0.4) is 0 Å². The third kappa shape index (κ3) is 2.32. The van der Waals surface area contributed by atoms with Gasteiger partial charge in [0.1, 0.15) is 0 Å². The van der Waals surface area contributed by atoms with Gasteiger partial charge in [-0.05, 0) is 25.7 Å². The van der Waals surface area contributed by atoms with Gasteiger partial charge in [-0.1, -0.05) is 6.92 Å². The van der Waals surface area contributed by atoms with Crippen LogP contribution in [0.4, 0.5) is 0 Å². The Morgan fingerprint density at radius 3 is 2.87 bits per heavy atom. The van der Waals surface area contributed by atoms with Crippen molar-refractivity contribution in [3.8, 4) is 0 Å². The van der Waals surface area contributed by atoms with Gasteiger partial charge in [0.15, 0.2) is 0 Å². The van der Waals surface area contributed by atoms with E-state index in [1.54, 1.807) is 0 Å². The van der Waals surface area contributed by atoms with E-state index in [0.29, 0.717) is 5.91 Å². The maximum Gasteiger partial charge on any atom is 0.243 e. The van der Waals surface area contributed by atoms with E-state index in [1.165, 1.54) is 0 Å². The summed E-state index contributed by atoms with van der Waals surface area (Å²) in [6.45, 7) is 5.26. The van der Waals surface area contributed by atoms with Crippen molar-refractivity contribution in [1.29, 1.82) is 0 Å². The number of amides is 1. The monoisotopic (exact) mass is 212 g/mol. The minimum absolute atomic E-state index is 0.135. The lowest BCUT2D eigenvalue weighted by Gasteiger charge is -2.14. The number of rotatable bonds is 6. The Morgan fingerprint density at radius 2 is 2.27 bits per heavy atom. The van der Waals surface area contributed by atoms with Crippen LogP contribution in [0.5, 0.6) is 0 Å². The van der Waals surface area contributed by atoms with E-state index in [9.17, 15) is 4.79 Å². The largest absolute Gasteiger partial charge is 0.381 e. The SMILES string of the molecule is CCCOCCCN1CNC2(CC2)C1=O. The molecule has 15 heavy (non-hydrogen) atoms. The number of nitrogens with zero attached hydrogens (tertiary/aromatic N) is 1. The normalized spacial score (nSPS) is 22.7. The fraction of sp³-hybridized carbons (Fsp3) is 0.909. The maximum atomic E-state index is 11.8. The van der Waals surface area contributed by atoms with Gasteiger partial charge in [-0.25, -0.2) is 0 Å². The highest BCUT2D eigenvalue weighted by Gasteiger charge is 2.55. The van der Waals surface area contributed by atoms with E-state index in [-0.39, 0.29) is 5.54 Å². The molecule has 1 N–H and O–H groups in total. The number of carbonyl (C=O) groups excluding carboxylic acids is 1. The summed E-state index contributed by atoms with van der Waals surface area (Å²) in [7, 11) is 0. The summed E-state index contributed by atoms with van der Waals surface area (Å²) in [5.41, 5.74) is -0.135. The summed E-state index contributed by atoms with van der Waals surface area (Å²) >= 11 is 0. The van der Waals surface area contributed by atoms with E-state index >= 15 is 0 Å². The van der Waals surface area contributed by atoms with Gasteiger partial charge in [0.05, 0.1) is 12.2 Å². The Bertz CT molecular complexity index is 239. The molecule has 0 atom stereocenters. The van der Waals surface area contributed by atoms with Crippen molar-refractivity contribution in [2.24, 2.45) is 0 Å². The van der Waals surface area contributed by atoms with Crippen molar-refractivity contribution in [2.75, 3.05) is 26.4 Å². The van der Waals surface area contributed by atoms with Crippen LogP contribution in [-0.2, 0) is 9.53 Å². The molecule has 0 unspecified atom stereocenters. The number of carbonyl (C=O) groups is 1. The van der Waals surface area contributed by atoms with Crippen molar-refractivity contribution < 1.29 is 9.53 Å². The van der Waals surface area contributed by atoms with Crippen LogP contribution in [0.1, 0.15) is 32.6 Å². The summed E-state index contributed by atoms with van der Waals surface area (Å²) in [5.74, 6) is 0.304. The van der Waals surface area contributed by atoms with Crippen LogP contribution in [0.25, 0.3) is 0 Å². The van der Waals surface area contributed by atoms with Crippen LogP contribution in [0.15, 0.2) is 0 Å². The van der Waals surface area contributed by atoms with Gasteiger partial charge in [0, 0.05) is 19.8 Å². The van der Waals surface area contributed by atoms with Gasteiger partial charge in [-0.15, -0.1) is 0 Å². The number of hydrogen-bond donors (Lipinski definition) is 1. The highest BCUT2D eigenvalue weighted by molar-refractivity contribution is 5.91. The second kappa shape index (κ2) is 4.49. The minimum Gasteiger partial charge on any atom is -0.381 e. The van der Waals surface area contributed by atoms with Crippen LogP contribution in [0.2, 0.25) is 0 Å². The molecule has 1 spiro atoms. The van der Waals surface area contributed by atoms with Crippen LogP contribution in [0, 0.1) is 0 Å². The first kappa shape index (κ1) is 10.9. The van der Waals surface area contributed by atoms with E-state index in [2.05, 4.69) is 12.2 Å². The lowest BCUT2D eigenvalue weighted by Crippen LogP contribution is -2.33. The Morgan fingerprint density at radius 1 is 1.47 bits per heavy atom. The van der Waals surface area contributed by atoms with Gasteiger partial charge in [-0.2, -0.15) is 0 Å².